The van der Waals surface area contributed by atoms with E-state index in [4.69, 9.17) is 23.2 Å². The number of phenols is 1. The van der Waals surface area contributed by atoms with Crippen molar-refractivity contribution in [3.8, 4) is 5.75 Å². The number of carboxylic acids is 1. The molecule has 1 aliphatic rings. The summed E-state index contributed by atoms with van der Waals surface area (Å²) >= 11 is 14.0. The van der Waals surface area contributed by atoms with E-state index in [0.717, 1.165) is 0 Å². The molecule has 1 heterocycles. The third-order valence-corrected chi connectivity index (χ3v) is 8.59. The molecule has 3 N–H and O–H groups in total. The van der Waals surface area contributed by atoms with Crippen LogP contribution in [0.1, 0.15) is 25.3 Å². The Labute approximate surface area is 210 Å². The van der Waals surface area contributed by atoms with Crippen molar-refractivity contribution < 1.29 is 23.4 Å². The van der Waals surface area contributed by atoms with Gasteiger partial charge in [0.1, 0.15) is 11.8 Å². The van der Waals surface area contributed by atoms with E-state index in [0.29, 0.717) is 22.0 Å². The number of hydrogen-bond donors (Lipinski definition) is 3. The van der Waals surface area contributed by atoms with E-state index in [2.05, 4.69) is 5.32 Å². The van der Waals surface area contributed by atoms with Gasteiger partial charge in [-0.25, -0.2) is 8.42 Å². The molecular formula is C21H23Cl2IN2O5S. The Hall–Kier alpha value is -1.11. The predicted octanol–water partition coefficient (Wildman–Crippen LogP) is 4.34. The van der Waals surface area contributed by atoms with E-state index in [-0.39, 0.29) is 39.6 Å². The predicted molar refractivity (Wildman–Crippen MR) is 132 cm³/mol. The standard InChI is InChI=1S/C21H23Cl2IN2O5S/c1-12-4-5-26(32(30,31)16-10-14(22)9-15(23)11-16)20(6-12)25-18(21(28)29)8-13-2-3-19(27)17(24)7-13/h2-3,7,9-12,18,20,25,27H,4-6,8H2,1H3,(H,28,29)/t12?,18-,20?/m0/s1. The van der Waals surface area contributed by atoms with Gasteiger partial charge < -0.3 is 10.2 Å². The van der Waals surface area contributed by atoms with Crippen LogP contribution in [0.25, 0.3) is 0 Å². The van der Waals surface area contributed by atoms with Gasteiger partial charge in [0.25, 0.3) is 0 Å². The third-order valence-electron chi connectivity index (χ3n) is 5.40. The largest absolute Gasteiger partial charge is 0.507 e. The minimum absolute atomic E-state index is 0.0312. The number of phenolic OH excluding ortho intramolecular Hbond substituents is 1. The van der Waals surface area contributed by atoms with Crippen LogP contribution in [0.3, 0.4) is 0 Å². The lowest BCUT2D eigenvalue weighted by Gasteiger charge is -2.39. The molecule has 1 aliphatic heterocycles. The molecule has 0 radical (unpaired) electrons. The number of carboxylic acid groups (broad SMARTS) is 1. The number of sulfonamides is 1. The summed E-state index contributed by atoms with van der Waals surface area (Å²) in [4.78, 5) is 12.0. The van der Waals surface area contributed by atoms with E-state index < -0.39 is 28.2 Å². The second kappa shape index (κ2) is 10.4. The van der Waals surface area contributed by atoms with Crippen LogP contribution < -0.4 is 5.32 Å². The third kappa shape index (κ3) is 6.06. The van der Waals surface area contributed by atoms with Gasteiger partial charge in [-0.05, 0) is 83.7 Å². The molecule has 1 fully saturated rings. The number of nitrogens with one attached hydrogen (secondary N) is 1. The summed E-state index contributed by atoms with van der Waals surface area (Å²) < 4.78 is 28.7. The van der Waals surface area contributed by atoms with Crippen LogP contribution in [0.5, 0.6) is 5.75 Å². The summed E-state index contributed by atoms with van der Waals surface area (Å²) in [7, 11) is -3.96. The van der Waals surface area contributed by atoms with Crippen LogP contribution in [0, 0.1) is 9.49 Å². The molecule has 0 bridgehead atoms. The van der Waals surface area contributed by atoms with Crippen LogP contribution >= 0.6 is 45.8 Å². The number of hydrogen-bond acceptors (Lipinski definition) is 5. The van der Waals surface area contributed by atoms with Crippen LogP contribution in [0.2, 0.25) is 10.0 Å². The van der Waals surface area contributed by atoms with Gasteiger partial charge in [0.05, 0.1) is 14.6 Å². The number of piperidine rings is 1. The molecule has 3 rings (SSSR count). The first-order valence-corrected chi connectivity index (χ1v) is 13.2. The Morgan fingerprint density at radius 1 is 1.25 bits per heavy atom. The number of carbonyl (C=O) groups is 1. The van der Waals surface area contributed by atoms with Gasteiger partial charge in [0.15, 0.2) is 0 Å². The SMILES string of the molecule is CC1CCN(S(=O)(=O)c2cc(Cl)cc(Cl)c2)C(N[C@@H](Cc2ccc(O)c(I)c2)C(=O)O)C1. The molecule has 0 aromatic heterocycles. The number of halogens is 3. The second-order valence-electron chi connectivity index (χ2n) is 7.91. The summed E-state index contributed by atoms with van der Waals surface area (Å²) in [6.45, 7) is 2.25. The molecule has 0 spiro atoms. The van der Waals surface area contributed by atoms with Crippen molar-refractivity contribution in [1.82, 2.24) is 9.62 Å². The van der Waals surface area contributed by atoms with Crippen LogP contribution in [-0.4, -0.2) is 47.7 Å². The van der Waals surface area contributed by atoms with Crippen molar-refractivity contribution in [1.29, 1.82) is 0 Å². The average molecular weight is 613 g/mol. The van der Waals surface area contributed by atoms with Crippen LogP contribution in [0.15, 0.2) is 41.3 Å². The smallest absolute Gasteiger partial charge is 0.321 e. The Bertz CT molecular complexity index is 1100. The Morgan fingerprint density at radius 3 is 2.50 bits per heavy atom. The zero-order chi connectivity index (χ0) is 23.6. The maximum Gasteiger partial charge on any atom is 0.321 e. The molecule has 7 nitrogen and oxygen atoms in total. The molecule has 2 aromatic rings. The average Bonchev–Trinajstić information content (AvgIpc) is 2.69. The Morgan fingerprint density at radius 2 is 1.91 bits per heavy atom. The molecule has 0 amide bonds. The van der Waals surface area contributed by atoms with Crippen molar-refractivity contribution in [3.63, 3.8) is 0 Å². The fraction of sp³-hybridized carbons (Fsp3) is 0.381. The minimum Gasteiger partial charge on any atom is -0.507 e. The fourth-order valence-corrected chi connectivity index (χ4v) is 6.62. The normalized spacial score (nSPS) is 20.8. The number of aliphatic carboxylic acids is 1. The highest BCUT2D eigenvalue weighted by Gasteiger charge is 2.38. The molecule has 1 saturated heterocycles. The Kier molecular flexibility index (Phi) is 8.32. The zero-order valence-corrected chi connectivity index (χ0v) is 21.6. The van der Waals surface area contributed by atoms with E-state index in [9.17, 15) is 23.4 Å². The van der Waals surface area contributed by atoms with E-state index in [1.165, 1.54) is 28.6 Å². The number of rotatable bonds is 7. The van der Waals surface area contributed by atoms with Crippen molar-refractivity contribution in [2.75, 3.05) is 6.54 Å². The lowest BCUT2D eigenvalue weighted by Crippen LogP contribution is -2.57. The summed E-state index contributed by atoms with van der Waals surface area (Å²) in [6.07, 6.45) is 0.538. The lowest BCUT2D eigenvalue weighted by molar-refractivity contribution is -0.140. The lowest BCUT2D eigenvalue weighted by atomic mass is 9.97. The van der Waals surface area contributed by atoms with E-state index >= 15 is 0 Å². The van der Waals surface area contributed by atoms with Gasteiger partial charge in [-0.3, -0.25) is 10.1 Å². The molecule has 174 valence electrons. The zero-order valence-electron chi connectivity index (χ0n) is 17.1. The number of nitrogens with zero attached hydrogens (tertiary/aromatic N) is 1. The first kappa shape index (κ1) is 25.5. The highest BCUT2D eigenvalue weighted by atomic mass is 127. The molecule has 11 heteroatoms. The molecule has 32 heavy (non-hydrogen) atoms. The summed E-state index contributed by atoms with van der Waals surface area (Å²) in [5.74, 6) is -0.756. The molecule has 3 atom stereocenters. The summed E-state index contributed by atoms with van der Waals surface area (Å²) in [6, 6.07) is 7.98. The molecule has 2 aromatic carbocycles. The van der Waals surface area contributed by atoms with Crippen LogP contribution in [-0.2, 0) is 21.2 Å². The summed E-state index contributed by atoms with van der Waals surface area (Å²) in [5.41, 5.74) is 0.715. The van der Waals surface area contributed by atoms with Gasteiger partial charge in [-0.15, -0.1) is 0 Å². The van der Waals surface area contributed by atoms with Crippen molar-refractivity contribution in [2.45, 2.75) is 43.3 Å². The molecule has 2 unspecified atom stereocenters. The highest BCUT2D eigenvalue weighted by molar-refractivity contribution is 14.1. The number of aromatic hydroxyl groups is 1. The first-order valence-electron chi connectivity index (χ1n) is 9.91. The monoisotopic (exact) mass is 612 g/mol. The molecule has 0 aliphatic carbocycles. The van der Waals surface area contributed by atoms with Gasteiger partial charge in [0, 0.05) is 16.6 Å². The topological polar surface area (TPSA) is 107 Å². The Balaban J connectivity index is 1.89. The fourth-order valence-electron chi connectivity index (χ4n) is 3.73. The van der Waals surface area contributed by atoms with E-state index in [1.807, 2.05) is 29.5 Å². The van der Waals surface area contributed by atoms with Gasteiger partial charge >= 0.3 is 5.97 Å². The number of benzene rings is 2. The van der Waals surface area contributed by atoms with E-state index in [1.54, 1.807) is 12.1 Å². The highest BCUT2D eigenvalue weighted by Crippen LogP contribution is 2.31. The van der Waals surface area contributed by atoms with Crippen LogP contribution in [0.4, 0.5) is 0 Å². The summed E-state index contributed by atoms with van der Waals surface area (Å²) in [5, 5.41) is 23.0. The first-order chi connectivity index (χ1) is 15.0. The second-order valence-corrected chi connectivity index (χ2v) is 11.8. The van der Waals surface area contributed by atoms with Crippen molar-refractivity contribution in [2.24, 2.45) is 5.92 Å². The molecular weight excluding hydrogens is 590 g/mol. The minimum atomic E-state index is -3.96. The maximum absolute atomic E-state index is 13.4. The van der Waals surface area contributed by atoms with Crippen molar-refractivity contribution >= 4 is 61.8 Å². The van der Waals surface area contributed by atoms with Gasteiger partial charge in [-0.2, -0.15) is 4.31 Å². The van der Waals surface area contributed by atoms with Gasteiger partial charge in [0.2, 0.25) is 10.0 Å². The van der Waals surface area contributed by atoms with Gasteiger partial charge in [-0.1, -0.05) is 36.2 Å². The quantitative estimate of drug-likeness (QED) is 0.402. The van der Waals surface area contributed by atoms with Crippen molar-refractivity contribution in [3.05, 3.63) is 55.6 Å². The maximum atomic E-state index is 13.4. The molecule has 0 saturated carbocycles.